The fraction of sp³-hybridized carbons (Fsp3) is 0.667. The number of aromatic carboxylic acids is 1. The molecule has 0 aromatic carbocycles. The van der Waals surface area contributed by atoms with Gasteiger partial charge in [0.05, 0.1) is 6.10 Å². The van der Waals surface area contributed by atoms with E-state index in [0.717, 1.165) is 18.8 Å². The predicted molar refractivity (Wildman–Crippen MR) is 71.2 cm³/mol. The molecule has 1 N–H and O–H groups in total. The van der Waals surface area contributed by atoms with Crippen LogP contribution in [-0.2, 0) is 11.3 Å². The molecule has 1 aliphatic carbocycles. The molecule has 4 nitrogen and oxygen atoms in total. The number of carboxylic acid groups (broad SMARTS) is 1. The normalized spacial score (nSPS) is 23.5. The summed E-state index contributed by atoms with van der Waals surface area (Å²) in [6.07, 6.45) is 6.24. The molecule has 0 amide bonds. The van der Waals surface area contributed by atoms with Gasteiger partial charge >= 0.3 is 5.97 Å². The van der Waals surface area contributed by atoms with Gasteiger partial charge in [-0.1, -0.05) is 26.2 Å². The monoisotopic (exact) mass is 266 g/mol. The SMILES string of the molecule is CCC1CCCC(OCc2cc(C)c(C(=O)O)o2)C1. The van der Waals surface area contributed by atoms with E-state index in [2.05, 4.69) is 6.92 Å². The van der Waals surface area contributed by atoms with Crippen LogP contribution in [0.3, 0.4) is 0 Å². The fourth-order valence-corrected chi connectivity index (χ4v) is 2.80. The Morgan fingerprint density at radius 2 is 2.32 bits per heavy atom. The van der Waals surface area contributed by atoms with Crippen LogP contribution in [-0.4, -0.2) is 17.2 Å². The predicted octanol–water partition coefficient (Wildman–Crippen LogP) is 3.77. The van der Waals surface area contributed by atoms with E-state index < -0.39 is 5.97 Å². The first-order valence-electron chi connectivity index (χ1n) is 7.04. The molecule has 0 bridgehead atoms. The van der Waals surface area contributed by atoms with Crippen LogP contribution in [0.4, 0.5) is 0 Å². The molecule has 4 heteroatoms. The molecule has 106 valence electrons. The lowest BCUT2D eigenvalue weighted by Gasteiger charge is -2.28. The van der Waals surface area contributed by atoms with Crippen LogP contribution in [0.5, 0.6) is 0 Å². The molecule has 0 aliphatic heterocycles. The molecule has 2 unspecified atom stereocenters. The average molecular weight is 266 g/mol. The maximum absolute atomic E-state index is 10.9. The van der Waals surface area contributed by atoms with Gasteiger partial charge in [-0.25, -0.2) is 4.79 Å². The Morgan fingerprint density at radius 1 is 1.53 bits per heavy atom. The molecule has 1 aromatic heterocycles. The molecular formula is C15H22O4. The van der Waals surface area contributed by atoms with Crippen molar-refractivity contribution in [2.75, 3.05) is 0 Å². The minimum absolute atomic E-state index is 0.0219. The van der Waals surface area contributed by atoms with Gasteiger partial charge in [-0.3, -0.25) is 0 Å². The second kappa shape index (κ2) is 6.24. The van der Waals surface area contributed by atoms with Crippen molar-refractivity contribution in [1.82, 2.24) is 0 Å². The standard InChI is InChI=1S/C15H22O4/c1-3-11-5-4-6-12(8-11)18-9-13-7-10(2)14(19-13)15(16)17/h7,11-12H,3-6,8-9H2,1-2H3,(H,16,17). The molecule has 0 radical (unpaired) electrons. The van der Waals surface area contributed by atoms with Crippen LogP contribution in [0.2, 0.25) is 0 Å². The zero-order valence-corrected chi connectivity index (χ0v) is 11.6. The number of furan rings is 1. The third-order valence-corrected chi connectivity index (χ3v) is 3.94. The average Bonchev–Trinajstić information content (AvgIpc) is 2.78. The smallest absolute Gasteiger partial charge is 0.372 e. The van der Waals surface area contributed by atoms with Crippen molar-refractivity contribution in [3.63, 3.8) is 0 Å². The van der Waals surface area contributed by atoms with Crippen molar-refractivity contribution in [3.05, 3.63) is 23.2 Å². The van der Waals surface area contributed by atoms with Crippen LogP contribution in [0.15, 0.2) is 10.5 Å². The number of rotatable bonds is 5. The first-order valence-corrected chi connectivity index (χ1v) is 7.04. The molecule has 1 heterocycles. The van der Waals surface area contributed by atoms with E-state index >= 15 is 0 Å². The molecular weight excluding hydrogens is 244 g/mol. The Hall–Kier alpha value is -1.29. The summed E-state index contributed by atoms with van der Waals surface area (Å²) in [5.74, 6) is 0.376. The zero-order valence-electron chi connectivity index (χ0n) is 11.6. The summed E-state index contributed by atoms with van der Waals surface area (Å²) < 4.78 is 11.2. The van der Waals surface area contributed by atoms with E-state index in [4.69, 9.17) is 14.3 Å². The lowest BCUT2D eigenvalue weighted by Crippen LogP contribution is -2.22. The molecule has 1 aliphatic rings. The van der Waals surface area contributed by atoms with Gasteiger partial charge in [0.1, 0.15) is 12.4 Å². The molecule has 1 fully saturated rings. The molecule has 2 atom stereocenters. The Balaban J connectivity index is 1.88. The number of hydrogen-bond donors (Lipinski definition) is 1. The lowest BCUT2D eigenvalue weighted by atomic mass is 9.85. The highest BCUT2D eigenvalue weighted by Gasteiger charge is 2.22. The maximum Gasteiger partial charge on any atom is 0.372 e. The summed E-state index contributed by atoms with van der Waals surface area (Å²) in [4.78, 5) is 10.9. The van der Waals surface area contributed by atoms with Crippen molar-refractivity contribution >= 4 is 5.97 Å². The fourth-order valence-electron chi connectivity index (χ4n) is 2.80. The van der Waals surface area contributed by atoms with E-state index in [1.807, 2.05) is 0 Å². The summed E-state index contributed by atoms with van der Waals surface area (Å²) in [5.41, 5.74) is 0.654. The first-order chi connectivity index (χ1) is 9.10. The van der Waals surface area contributed by atoms with E-state index in [0.29, 0.717) is 17.9 Å². The second-order valence-electron chi connectivity index (χ2n) is 5.40. The molecule has 1 aromatic rings. The quantitative estimate of drug-likeness (QED) is 0.881. The van der Waals surface area contributed by atoms with Gasteiger partial charge < -0.3 is 14.3 Å². The van der Waals surface area contributed by atoms with Gasteiger partial charge in [-0.15, -0.1) is 0 Å². The van der Waals surface area contributed by atoms with Crippen LogP contribution < -0.4 is 0 Å². The number of carbonyl (C=O) groups is 1. The lowest BCUT2D eigenvalue weighted by molar-refractivity contribution is -0.00575. The second-order valence-corrected chi connectivity index (χ2v) is 5.40. The zero-order chi connectivity index (χ0) is 13.8. The Morgan fingerprint density at radius 3 is 2.95 bits per heavy atom. The van der Waals surface area contributed by atoms with Gasteiger partial charge in [0, 0.05) is 5.56 Å². The Labute approximate surface area is 113 Å². The van der Waals surface area contributed by atoms with Crippen LogP contribution >= 0.6 is 0 Å². The van der Waals surface area contributed by atoms with Gasteiger partial charge in [0.15, 0.2) is 0 Å². The van der Waals surface area contributed by atoms with Crippen molar-refractivity contribution in [2.45, 2.75) is 58.7 Å². The number of carboxylic acids is 1. The number of aryl methyl sites for hydroxylation is 1. The van der Waals surface area contributed by atoms with Gasteiger partial charge in [0.25, 0.3) is 0 Å². The van der Waals surface area contributed by atoms with Crippen molar-refractivity contribution in [2.24, 2.45) is 5.92 Å². The first kappa shape index (κ1) is 14.1. The van der Waals surface area contributed by atoms with E-state index in [1.54, 1.807) is 13.0 Å². The van der Waals surface area contributed by atoms with Crippen molar-refractivity contribution in [3.8, 4) is 0 Å². The molecule has 1 saturated carbocycles. The van der Waals surface area contributed by atoms with Crippen molar-refractivity contribution in [1.29, 1.82) is 0 Å². The van der Waals surface area contributed by atoms with Crippen LogP contribution in [0, 0.1) is 12.8 Å². The minimum atomic E-state index is -1.02. The summed E-state index contributed by atoms with van der Waals surface area (Å²) in [7, 11) is 0. The summed E-state index contributed by atoms with van der Waals surface area (Å²) in [6.45, 7) is 4.33. The van der Waals surface area contributed by atoms with Crippen molar-refractivity contribution < 1.29 is 19.1 Å². The Bertz CT molecular complexity index is 435. The van der Waals surface area contributed by atoms with E-state index in [1.165, 1.54) is 19.3 Å². The van der Waals surface area contributed by atoms with Gasteiger partial charge in [0.2, 0.25) is 5.76 Å². The topological polar surface area (TPSA) is 59.7 Å². The highest BCUT2D eigenvalue weighted by Crippen LogP contribution is 2.29. The third kappa shape index (κ3) is 3.60. The molecule has 0 spiro atoms. The summed E-state index contributed by atoms with van der Waals surface area (Å²) in [6, 6.07) is 1.75. The molecule has 0 saturated heterocycles. The highest BCUT2D eigenvalue weighted by molar-refractivity contribution is 5.86. The van der Waals surface area contributed by atoms with E-state index in [-0.39, 0.29) is 11.9 Å². The maximum atomic E-state index is 10.9. The third-order valence-electron chi connectivity index (χ3n) is 3.94. The van der Waals surface area contributed by atoms with Gasteiger partial charge in [-0.05, 0) is 31.7 Å². The molecule has 19 heavy (non-hydrogen) atoms. The number of hydrogen-bond acceptors (Lipinski definition) is 3. The summed E-state index contributed by atoms with van der Waals surface area (Å²) in [5, 5.41) is 8.93. The van der Waals surface area contributed by atoms with Crippen LogP contribution in [0.25, 0.3) is 0 Å². The highest BCUT2D eigenvalue weighted by atomic mass is 16.5. The van der Waals surface area contributed by atoms with E-state index in [9.17, 15) is 4.79 Å². The van der Waals surface area contributed by atoms with Gasteiger partial charge in [-0.2, -0.15) is 0 Å². The number of ether oxygens (including phenoxy) is 1. The summed E-state index contributed by atoms with van der Waals surface area (Å²) >= 11 is 0. The largest absolute Gasteiger partial charge is 0.475 e. The molecule has 2 rings (SSSR count). The van der Waals surface area contributed by atoms with Crippen LogP contribution in [0.1, 0.15) is 60.9 Å². The minimum Gasteiger partial charge on any atom is -0.475 e. The Kier molecular flexibility index (Phi) is 4.64.